The lowest BCUT2D eigenvalue weighted by molar-refractivity contribution is 0.111. The lowest BCUT2D eigenvalue weighted by Gasteiger charge is -2.18. The van der Waals surface area contributed by atoms with Crippen LogP contribution in [0, 0.1) is 0 Å². The summed E-state index contributed by atoms with van der Waals surface area (Å²) in [6.07, 6.45) is 8.92. The summed E-state index contributed by atoms with van der Waals surface area (Å²) in [6, 6.07) is 0. The van der Waals surface area contributed by atoms with Crippen molar-refractivity contribution in [2.24, 2.45) is 7.05 Å². The second-order valence-electron chi connectivity index (χ2n) is 6.22. The summed E-state index contributed by atoms with van der Waals surface area (Å²) >= 11 is 1.82. The second-order valence-corrected chi connectivity index (χ2v) is 7.37. The third-order valence-corrected chi connectivity index (χ3v) is 5.66. The summed E-state index contributed by atoms with van der Waals surface area (Å²) in [5.41, 5.74) is 2.77. The average molecular weight is 318 g/mol. The van der Waals surface area contributed by atoms with Crippen molar-refractivity contribution in [2.75, 3.05) is 13.2 Å². The van der Waals surface area contributed by atoms with Crippen LogP contribution in [0.15, 0.2) is 12.4 Å². The van der Waals surface area contributed by atoms with Gasteiger partial charge in [-0.05, 0) is 32.2 Å². The number of rotatable bonds is 3. The quantitative estimate of drug-likeness (QED) is 0.873. The van der Waals surface area contributed by atoms with Gasteiger partial charge in [-0.25, -0.2) is 4.98 Å². The molecule has 0 spiro atoms. The van der Waals surface area contributed by atoms with E-state index in [4.69, 9.17) is 4.74 Å². The minimum Gasteiger partial charge on any atom is -0.371 e. The Hall–Kier alpha value is -1.24. The van der Waals surface area contributed by atoms with E-state index in [0.29, 0.717) is 0 Å². The molecule has 0 aromatic carbocycles. The van der Waals surface area contributed by atoms with Gasteiger partial charge in [-0.15, -0.1) is 11.3 Å². The molecular formula is C16H22N4OS. The van der Waals surface area contributed by atoms with E-state index < -0.39 is 0 Å². The van der Waals surface area contributed by atoms with Gasteiger partial charge in [-0.2, -0.15) is 5.10 Å². The van der Waals surface area contributed by atoms with E-state index in [2.05, 4.69) is 15.0 Å². The molecule has 4 heterocycles. The monoisotopic (exact) mass is 318 g/mol. The maximum Gasteiger partial charge on any atom is 0.122 e. The predicted octanol–water partition coefficient (Wildman–Crippen LogP) is 2.68. The zero-order valence-corrected chi connectivity index (χ0v) is 13.8. The first-order valence-electron chi connectivity index (χ1n) is 8.08. The highest BCUT2D eigenvalue weighted by molar-refractivity contribution is 7.11. The maximum absolute atomic E-state index is 5.73. The highest BCUT2D eigenvalue weighted by Gasteiger charge is 2.22. The van der Waals surface area contributed by atoms with E-state index in [0.717, 1.165) is 50.5 Å². The lowest BCUT2D eigenvalue weighted by atomic mass is 10.2. The van der Waals surface area contributed by atoms with Crippen LogP contribution in [0.25, 0.3) is 0 Å². The summed E-state index contributed by atoms with van der Waals surface area (Å²) in [7, 11) is 2.05. The minimum atomic E-state index is 0.243. The first kappa shape index (κ1) is 14.4. The van der Waals surface area contributed by atoms with E-state index in [1.54, 1.807) is 0 Å². The van der Waals surface area contributed by atoms with Gasteiger partial charge in [0.15, 0.2) is 0 Å². The molecule has 6 heteroatoms. The first-order chi connectivity index (χ1) is 10.8. The van der Waals surface area contributed by atoms with Gasteiger partial charge in [0.25, 0.3) is 0 Å². The smallest absolute Gasteiger partial charge is 0.122 e. The second kappa shape index (κ2) is 6.10. The third-order valence-electron chi connectivity index (χ3n) is 4.59. The number of hydrogen-bond acceptors (Lipinski definition) is 5. The van der Waals surface area contributed by atoms with E-state index in [9.17, 15) is 0 Å². The normalized spacial score (nSPS) is 22.7. The Morgan fingerprint density at radius 1 is 1.36 bits per heavy atom. The Bertz CT molecular complexity index is 644. The fourth-order valence-corrected chi connectivity index (χ4v) is 4.47. The standard InChI is InChI=1S/C16H22N4OS/c1-19-14-4-2-6-20(10-12(14)8-18-19)11-13-9-17-16(22-13)15-5-3-7-21-15/h8-9,15H,2-7,10-11H2,1H3. The Morgan fingerprint density at radius 2 is 2.32 bits per heavy atom. The average Bonchev–Trinajstić information content (AvgIpc) is 3.21. The van der Waals surface area contributed by atoms with Gasteiger partial charge in [-0.1, -0.05) is 0 Å². The Morgan fingerprint density at radius 3 is 3.18 bits per heavy atom. The maximum atomic E-state index is 5.73. The zero-order chi connectivity index (χ0) is 14.9. The van der Waals surface area contributed by atoms with Crippen LogP contribution in [0.1, 0.15) is 46.5 Å². The van der Waals surface area contributed by atoms with Crippen LogP contribution in [-0.4, -0.2) is 32.8 Å². The largest absolute Gasteiger partial charge is 0.371 e. The molecule has 2 aromatic rings. The van der Waals surface area contributed by atoms with Gasteiger partial charge in [0.1, 0.15) is 11.1 Å². The molecule has 0 radical (unpaired) electrons. The van der Waals surface area contributed by atoms with Crippen molar-refractivity contribution in [2.45, 2.75) is 44.9 Å². The SMILES string of the molecule is Cn1ncc2c1CCCN(Cc1cnc(C3CCCO3)s1)C2. The number of thiazole rings is 1. The van der Waals surface area contributed by atoms with Crippen LogP contribution < -0.4 is 0 Å². The minimum absolute atomic E-state index is 0.243. The molecule has 0 bridgehead atoms. The lowest BCUT2D eigenvalue weighted by Crippen LogP contribution is -2.22. The molecule has 0 saturated carbocycles. The van der Waals surface area contributed by atoms with Crippen LogP contribution in [0.3, 0.4) is 0 Å². The molecular weight excluding hydrogens is 296 g/mol. The summed E-state index contributed by atoms with van der Waals surface area (Å²) < 4.78 is 7.76. The van der Waals surface area contributed by atoms with E-state index in [1.807, 2.05) is 35.5 Å². The highest BCUT2D eigenvalue weighted by Crippen LogP contribution is 2.32. The number of aromatic nitrogens is 3. The van der Waals surface area contributed by atoms with E-state index in [-0.39, 0.29) is 6.10 Å². The molecule has 0 N–H and O–H groups in total. The van der Waals surface area contributed by atoms with Crippen LogP contribution in [-0.2, 0) is 31.3 Å². The molecule has 1 saturated heterocycles. The summed E-state index contributed by atoms with van der Waals surface area (Å²) in [5, 5.41) is 5.56. The number of hydrogen-bond donors (Lipinski definition) is 0. The molecule has 1 atom stereocenters. The van der Waals surface area contributed by atoms with Crippen molar-refractivity contribution in [1.29, 1.82) is 0 Å². The Labute approximate surface area is 134 Å². The van der Waals surface area contributed by atoms with Crippen LogP contribution in [0.5, 0.6) is 0 Å². The summed E-state index contributed by atoms with van der Waals surface area (Å²) in [5.74, 6) is 0. The van der Waals surface area contributed by atoms with Crippen molar-refractivity contribution in [3.05, 3.63) is 33.5 Å². The first-order valence-corrected chi connectivity index (χ1v) is 8.89. The predicted molar refractivity (Wildman–Crippen MR) is 85.7 cm³/mol. The fourth-order valence-electron chi connectivity index (χ4n) is 3.43. The molecule has 5 nitrogen and oxygen atoms in total. The number of ether oxygens (including phenoxy) is 1. The Kier molecular flexibility index (Phi) is 3.98. The van der Waals surface area contributed by atoms with Gasteiger partial charge in [0.05, 0.1) is 6.20 Å². The van der Waals surface area contributed by atoms with Gasteiger partial charge in [-0.3, -0.25) is 9.58 Å². The fraction of sp³-hybridized carbons (Fsp3) is 0.625. The molecule has 22 heavy (non-hydrogen) atoms. The topological polar surface area (TPSA) is 43.2 Å². The molecule has 118 valence electrons. The van der Waals surface area contributed by atoms with Crippen molar-refractivity contribution in [3.63, 3.8) is 0 Å². The van der Waals surface area contributed by atoms with Gasteiger partial charge >= 0.3 is 0 Å². The number of nitrogens with zero attached hydrogens (tertiary/aromatic N) is 4. The highest BCUT2D eigenvalue weighted by atomic mass is 32.1. The molecule has 1 unspecified atom stereocenters. The number of aryl methyl sites for hydroxylation is 1. The van der Waals surface area contributed by atoms with Crippen molar-refractivity contribution in [3.8, 4) is 0 Å². The molecule has 4 rings (SSSR count). The van der Waals surface area contributed by atoms with Gasteiger partial charge in [0.2, 0.25) is 0 Å². The molecule has 1 fully saturated rings. The van der Waals surface area contributed by atoms with Crippen LogP contribution >= 0.6 is 11.3 Å². The Balaban J connectivity index is 1.44. The summed E-state index contributed by atoms with van der Waals surface area (Å²) in [6.45, 7) is 4.01. The van der Waals surface area contributed by atoms with Crippen molar-refractivity contribution in [1.82, 2.24) is 19.7 Å². The van der Waals surface area contributed by atoms with Crippen molar-refractivity contribution < 1.29 is 4.74 Å². The number of fused-ring (bicyclic) bond motifs is 1. The third kappa shape index (κ3) is 2.83. The molecule has 0 aliphatic carbocycles. The van der Waals surface area contributed by atoms with Crippen LogP contribution in [0.4, 0.5) is 0 Å². The van der Waals surface area contributed by atoms with Gasteiger partial charge < -0.3 is 4.74 Å². The molecule has 2 aromatic heterocycles. The summed E-state index contributed by atoms with van der Waals surface area (Å²) in [4.78, 5) is 8.45. The van der Waals surface area contributed by atoms with Crippen LogP contribution in [0.2, 0.25) is 0 Å². The molecule has 2 aliphatic heterocycles. The van der Waals surface area contributed by atoms with E-state index >= 15 is 0 Å². The van der Waals surface area contributed by atoms with E-state index in [1.165, 1.54) is 22.6 Å². The molecule has 2 aliphatic rings. The molecule has 0 amide bonds. The zero-order valence-electron chi connectivity index (χ0n) is 13.0. The van der Waals surface area contributed by atoms with Crippen molar-refractivity contribution >= 4 is 11.3 Å². The van der Waals surface area contributed by atoms with Gasteiger partial charge in [0, 0.05) is 49.1 Å².